The molecule has 1 N–H and O–H groups in total. The molecule has 0 saturated heterocycles. The molecule has 0 saturated carbocycles. The number of rotatable bonds is 5. The quantitative estimate of drug-likeness (QED) is 0.467. The van der Waals surface area contributed by atoms with E-state index in [1.165, 1.54) is 17.2 Å². The summed E-state index contributed by atoms with van der Waals surface area (Å²) in [5.41, 5.74) is 6.11. The Labute approximate surface area is 185 Å². The molecule has 162 valence electrons. The normalized spacial score (nSPS) is 13.2. The number of hydrogen-bond donors (Lipinski definition) is 1. The number of fused-ring (bicyclic) bond motifs is 3. The van der Waals surface area contributed by atoms with Crippen LogP contribution >= 0.6 is 12.4 Å². The van der Waals surface area contributed by atoms with E-state index in [0.29, 0.717) is 24.4 Å². The minimum Gasteiger partial charge on any atom is -0.454 e. The molecular weight excluding hydrogens is 416 g/mol. The Hall–Kier alpha value is -2.67. The maximum absolute atomic E-state index is 12.3. The summed E-state index contributed by atoms with van der Waals surface area (Å²) in [4.78, 5) is 18.8. The van der Waals surface area contributed by atoms with Gasteiger partial charge < -0.3 is 13.9 Å². The van der Waals surface area contributed by atoms with Crippen molar-refractivity contribution in [2.24, 2.45) is 0 Å². The Bertz CT molecular complexity index is 1320. The first kappa shape index (κ1) is 21.6. The van der Waals surface area contributed by atoms with Gasteiger partial charge in [0.1, 0.15) is 11.3 Å². The lowest BCUT2D eigenvalue weighted by atomic mass is 10.0. The summed E-state index contributed by atoms with van der Waals surface area (Å²) in [5, 5.41) is 11.1. The van der Waals surface area contributed by atoms with Gasteiger partial charge in [-0.15, -0.1) is 12.4 Å². The zero-order valence-electron chi connectivity index (χ0n) is 17.6. The lowest BCUT2D eigenvalue weighted by Crippen LogP contribution is -2.21. The predicted molar refractivity (Wildman–Crippen MR) is 123 cm³/mol. The van der Waals surface area contributed by atoms with E-state index in [-0.39, 0.29) is 24.6 Å². The fourth-order valence-electron chi connectivity index (χ4n) is 4.43. The van der Waals surface area contributed by atoms with E-state index in [1.54, 1.807) is 0 Å². The van der Waals surface area contributed by atoms with Gasteiger partial charge in [0.2, 0.25) is 0 Å². The van der Waals surface area contributed by atoms with Crippen molar-refractivity contribution in [3.8, 4) is 11.3 Å². The van der Waals surface area contributed by atoms with Crippen molar-refractivity contribution in [2.45, 2.75) is 32.7 Å². The summed E-state index contributed by atoms with van der Waals surface area (Å²) in [5.74, 6) is 0.642. The zero-order valence-corrected chi connectivity index (χ0v) is 18.4. The topological polar surface area (TPSA) is 79.7 Å². The molecule has 3 aromatic heterocycles. The summed E-state index contributed by atoms with van der Waals surface area (Å²) >= 11 is 0. The Morgan fingerprint density at radius 3 is 2.65 bits per heavy atom. The number of hydrogen-bond acceptors (Lipinski definition) is 6. The molecule has 0 amide bonds. The third-order valence-corrected chi connectivity index (χ3v) is 5.97. The fraction of sp³-hybridized carbons (Fsp3) is 0.333. The molecule has 3 heterocycles. The molecule has 5 rings (SSSR count). The lowest BCUT2D eigenvalue weighted by Gasteiger charge is -2.15. The van der Waals surface area contributed by atoms with E-state index in [4.69, 9.17) is 8.83 Å². The lowest BCUT2D eigenvalue weighted by molar-refractivity contribution is 0.217. The third-order valence-electron chi connectivity index (χ3n) is 5.97. The minimum atomic E-state index is -0.381. The van der Waals surface area contributed by atoms with Crippen LogP contribution in [0.3, 0.4) is 0 Å². The Balaban J connectivity index is 0.00000231. The van der Waals surface area contributed by atoms with Gasteiger partial charge in [0, 0.05) is 41.7 Å². The highest BCUT2D eigenvalue weighted by atomic mass is 35.5. The second kappa shape index (κ2) is 8.46. The largest absolute Gasteiger partial charge is 0.454 e. The van der Waals surface area contributed by atoms with Gasteiger partial charge in [0.15, 0.2) is 5.58 Å². The number of halogens is 1. The van der Waals surface area contributed by atoms with Crippen LogP contribution in [0.15, 0.2) is 44.1 Å². The van der Waals surface area contributed by atoms with Crippen molar-refractivity contribution in [1.82, 2.24) is 9.88 Å². The van der Waals surface area contributed by atoms with Crippen LogP contribution in [0.25, 0.3) is 33.3 Å². The molecule has 1 aromatic carbocycles. The number of aryl methyl sites for hydroxylation is 3. The Morgan fingerprint density at radius 1 is 1.10 bits per heavy atom. The van der Waals surface area contributed by atoms with Gasteiger partial charge in [0.05, 0.1) is 12.3 Å². The van der Waals surface area contributed by atoms with Crippen molar-refractivity contribution in [2.75, 3.05) is 20.2 Å². The number of aliphatic hydroxyl groups is 1. The number of aromatic nitrogens is 1. The molecular formula is C24H25ClN2O4. The highest BCUT2D eigenvalue weighted by Crippen LogP contribution is 2.36. The molecule has 7 heteroatoms. The monoisotopic (exact) mass is 440 g/mol. The maximum Gasteiger partial charge on any atom is 0.336 e. The second-order valence-electron chi connectivity index (χ2n) is 8.13. The van der Waals surface area contributed by atoms with Crippen molar-refractivity contribution in [1.29, 1.82) is 0 Å². The number of likely N-dealkylation sites (N-methyl/N-ethyl adjacent to an activating group) is 1. The van der Waals surface area contributed by atoms with Crippen LogP contribution in [-0.4, -0.2) is 35.2 Å². The summed E-state index contributed by atoms with van der Waals surface area (Å²) in [6.07, 6.45) is 5.06. The molecule has 0 aliphatic heterocycles. The van der Waals surface area contributed by atoms with Gasteiger partial charge >= 0.3 is 5.63 Å². The van der Waals surface area contributed by atoms with Gasteiger partial charge in [-0.1, -0.05) is 0 Å². The summed E-state index contributed by atoms with van der Waals surface area (Å²) in [6.45, 7) is 3.25. The molecule has 0 atom stereocenters. The van der Waals surface area contributed by atoms with Crippen molar-refractivity contribution in [3.05, 3.63) is 63.3 Å². The molecule has 4 aromatic rings. The third kappa shape index (κ3) is 3.87. The molecule has 0 unspecified atom stereocenters. The van der Waals surface area contributed by atoms with Gasteiger partial charge in [-0.25, -0.2) is 4.79 Å². The number of pyridine rings is 1. The molecule has 31 heavy (non-hydrogen) atoms. The van der Waals surface area contributed by atoms with Crippen LogP contribution < -0.4 is 5.63 Å². The Kier molecular flexibility index (Phi) is 5.88. The van der Waals surface area contributed by atoms with Gasteiger partial charge in [-0.2, -0.15) is 0 Å². The van der Waals surface area contributed by atoms with Crippen molar-refractivity contribution in [3.63, 3.8) is 0 Å². The van der Waals surface area contributed by atoms with Crippen LogP contribution in [0.4, 0.5) is 0 Å². The van der Waals surface area contributed by atoms with Gasteiger partial charge in [0.25, 0.3) is 0 Å². The summed E-state index contributed by atoms with van der Waals surface area (Å²) in [7, 11) is 1.96. The van der Waals surface area contributed by atoms with Crippen molar-refractivity contribution >= 4 is 34.3 Å². The van der Waals surface area contributed by atoms with Gasteiger partial charge in [-0.05, 0) is 68.1 Å². The number of aliphatic hydroxyl groups excluding tert-OH is 1. The van der Waals surface area contributed by atoms with Gasteiger partial charge in [-0.3, -0.25) is 9.88 Å². The molecule has 6 nitrogen and oxygen atoms in total. The SMILES string of the molecule is Cc1ncc(CN(C)CCO)c2cc(-c3cc(=O)oc4cc5c(cc34)CCC5)oc12.Cl. The van der Waals surface area contributed by atoms with Crippen LogP contribution in [0.1, 0.15) is 28.8 Å². The van der Waals surface area contributed by atoms with Crippen LogP contribution in [0.2, 0.25) is 0 Å². The summed E-state index contributed by atoms with van der Waals surface area (Å²) in [6, 6.07) is 7.66. The molecule has 0 fully saturated rings. The first-order valence-corrected chi connectivity index (χ1v) is 10.3. The maximum atomic E-state index is 12.3. The number of furan rings is 1. The molecule has 0 spiro atoms. The van der Waals surface area contributed by atoms with E-state index in [0.717, 1.165) is 52.4 Å². The fourth-order valence-corrected chi connectivity index (χ4v) is 4.43. The number of benzene rings is 1. The highest BCUT2D eigenvalue weighted by Gasteiger charge is 2.19. The average Bonchev–Trinajstić information content (AvgIpc) is 3.35. The molecule has 1 aliphatic rings. The summed E-state index contributed by atoms with van der Waals surface area (Å²) < 4.78 is 11.7. The van der Waals surface area contributed by atoms with E-state index >= 15 is 0 Å². The van der Waals surface area contributed by atoms with E-state index in [9.17, 15) is 9.90 Å². The van der Waals surface area contributed by atoms with Crippen LogP contribution in [-0.2, 0) is 19.4 Å². The minimum absolute atomic E-state index is 0. The second-order valence-corrected chi connectivity index (χ2v) is 8.13. The Morgan fingerprint density at radius 2 is 1.87 bits per heavy atom. The van der Waals surface area contributed by atoms with E-state index < -0.39 is 0 Å². The van der Waals surface area contributed by atoms with Crippen molar-refractivity contribution < 1.29 is 13.9 Å². The predicted octanol–water partition coefficient (Wildman–Crippen LogP) is 4.24. The smallest absolute Gasteiger partial charge is 0.336 e. The average molecular weight is 441 g/mol. The van der Waals surface area contributed by atoms with E-state index in [1.807, 2.05) is 37.2 Å². The molecule has 0 radical (unpaired) electrons. The standard InChI is InChI=1S/C24H24N2O4.ClH/c1-14-24-18(17(12-25-14)13-26(2)6-7-27)10-22(30-24)20-11-23(28)29-21-9-16-5-3-4-15(16)8-19(20)21;/h8-12,27H,3-7,13H2,1-2H3;1H. The van der Waals surface area contributed by atoms with Crippen LogP contribution in [0, 0.1) is 6.92 Å². The molecule has 1 aliphatic carbocycles. The number of nitrogens with zero attached hydrogens (tertiary/aromatic N) is 2. The molecule has 0 bridgehead atoms. The zero-order chi connectivity index (χ0) is 20.8. The highest BCUT2D eigenvalue weighted by molar-refractivity contribution is 5.96. The van der Waals surface area contributed by atoms with E-state index in [2.05, 4.69) is 11.1 Å². The first-order valence-electron chi connectivity index (χ1n) is 10.3. The first-order chi connectivity index (χ1) is 14.5. The van der Waals surface area contributed by atoms with Crippen LogP contribution in [0.5, 0.6) is 0 Å².